The third kappa shape index (κ3) is 1.23. The Hall–Kier alpha value is -1.69. The van der Waals surface area contributed by atoms with Gasteiger partial charge in [-0.1, -0.05) is 0 Å². The predicted octanol–water partition coefficient (Wildman–Crippen LogP) is 0.508. The van der Waals surface area contributed by atoms with E-state index < -0.39 is 0 Å². The van der Waals surface area contributed by atoms with Crippen molar-refractivity contribution in [2.75, 3.05) is 31.2 Å². The first-order chi connectivity index (χ1) is 8.67. The Morgan fingerprint density at radius 2 is 2.06 bits per heavy atom. The molecule has 18 heavy (non-hydrogen) atoms. The van der Waals surface area contributed by atoms with Gasteiger partial charge in [0.05, 0.1) is 25.0 Å². The molecule has 2 aromatic rings. The largest absolute Gasteiger partial charge is 0.380 e. The van der Waals surface area contributed by atoms with E-state index in [9.17, 15) is 0 Å². The van der Waals surface area contributed by atoms with Crippen LogP contribution in [0.15, 0.2) is 6.33 Å². The Balaban J connectivity index is 1.76. The Bertz CT molecular complexity index is 623. The minimum absolute atomic E-state index is 0.389. The van der Waals surface area contributed by atoms with Crippen LogP contribution in [-0.2, 0) is 11.8 Å². The third-order valence-electron chi connectivity index (χ3n) is 3.82. The maximum Gasteiger partial charge on any atom is 0.165 e. The summed E-state index contributed by atoms with van der Waals surface area (Å²) in [6.07, 6.45) is 1.80. The Morgan fingerprint density at radius 1 is 1.28 bits per heavy atom. The lowest BCUT2D eigenvalue weighted by atomic mass is 9.78. The number of hydrogen-bond donors (Lipinski definition) is 0. The average Bonchev–Trinajstić information content (AvgIpc) is 2.56. The molecule has 2 fully saturated rings. The molecule has 0 aromatic carbocycles. The lowest BCUT2D eigenvalue weighted by Crippen LogP contribution is -2.66. The van der Waals surface area contributed by atoms with Crippen LogP contribution in [0.1, 0.15) is 5.82 Å². The highest BCUT2D eigenvalue weighted by Gasteiger charge is 2.50. The van der Waals surface area contributed by atoms with Crippen molar-refractivity contribution in [3.8, 4) is 0 Å². The van der Waals surface area contributed by atoms with E-state index in [2.05, 4.69) is 19.9 Å². The summed E-state index contributed by atoms with van der Waals surface area (Å²) in [4.78, 5) is 15.7. The number of ether oxygens (including phenoxy) is 1. The second-order valence-electron chi connectivity index (χ2n) is 5.47. The quantitative estimate of drug-likeness (QED) is 0.732. The summed E-state index contributed by atoms with van der Waals surface area (Å²) in [5.74, 6) is 1.77. The van der Waals surface area contributed by atoms with Crippen molar-refractivity contribution in [1.82, 2.24) is 19.5 Å². The minimum atomic E-state index is 0.389. The van der Waals surface area contributed by atoms with Gasteiger partial charge in [-0.05, 0) is 6.92 Å². The van der Waals surface area contributed by atoms with E-state index in [1.807, 2.05) is 18.5 Å². The fourth-order valence-corrected chi connectivity index (χ4v) is 2.80. The summed E-state index contributed by atoms with van der Waals surface area (Å²) < 4.78 is 7.24. The van der Waals surface area contributed by atoms with Gasteiger partial charge in [-0.3, -0.25) is 0 Å². The number of aryl methyl sites for hydroxylation is 2. The highest BCUT2D eigenvalue weighted by atomic mass is 16.5. The second kappa shape index (κ2) is 3.20. The van der Waals surface area contributed by atoms with E-state index in [-0.39, 0.29) is 0 Å². The molecule has 2 saturated heterocycles. The first-order valence-electron chi connectivity index (χ1n) is 6.15. The van der Waals surface area contributed by atoms with Gasteiger partial charge in [-0.25, -0.2) is 15.0 Å². The number of rotatable bonds is 1. The molecule has 0 N–H and O–H groups in total. The molecule has 6 heteroatoms. The van der Waals surface area contributed by atoms with E-state index in [4.69, 9.17) is 4.74 Å². The molecule has 0 unspecified atom stereocenters. The van der Waals surface area contributed by atoms with Crippen molar-refractivity contribution < 1.29 is 4.74 Å². The average molecular weight is 245 g/mol. The lowest BCUT2D eigenvalue weighted by molar-refractivity contribution is -0.127. The molecule has 0 aliphatic carbocycles. The molecular weight excluding hydrogens is 230 g/mol. The van der Waals surface area contributed by atoms with Gasteiger partial charge < -0.3 is 14.2 Å². The van der Waals surface area contributed by atoms with Crippen LogP contribution < -0.4 is 4.90 Å². The van der Waals surface area contributed by atoms with E-state index in [0.717, 1.165) is 49.1 Å². The molecule has 0 saturated carbocycles. The second-order valence-corrected chi connectivity index (χ2v) is 5.47. The van der Waals surface area contributed by atoms with Crippen LogP contribution in [0, 0.1) is 12.3 Å². The summed E-state index contributed by atoms with van der Waals surface area (Å²) in [6, 6.07) is 0. The fourth-order valence-electron chi connectivity index (χ4n) is 2.80. The summed E-state index contributed by atoms with van der Waals surface area (Å²) in [7, 11) is 1.96. The van der Waals surface area contributed by atoms with E-state index in [0.29, 0.717) is 5.41 Å². The number of fused-ring (bicyclic) bond motifs is 1. The number of hydrogen-bond acceptors (Lipinski definition) is 5. The predicted molar refractivity (Wildman–Crippen MR) is 66.5 cm³/mol. The number of nitrogens with zero attached hydrogens (tertiary/aromatic N) is 5. The van der Waals surface area contributed by atoms with Gasteiger partial charge >= 0.3 is 0 Å². The van der Waals surface area contributed by atoms with Crippen molar-refractivity contribution in [3.05, 3.63) is 12.2 Å². The monoisotopic (exact) mass is 245 g/mol. The Kier molecular flexibility index (Phi) is 1.82. The zero-order chi connectivity index (χ0) is 12.3. The molecular formula is C12H15N5O. The Labute approximate surface area is 105 Å². The summed E-state index contributed by atoms with van der Waals surface area (Å²) in [5, 5.41) is 0. The van der Waals surface area contributed by atoms with Crippen LogP contribution in [0.3, 0.4) is 0 Å². The summed E-state index contributed by atoms with van der Waals surface area (Å²) >= 11 is 0. The summed E-state index contributed by atoms with van der Waals surface area (Å²) in [5.41, 5.74) is 2.20. The van der Waals surface area contributed by atoms with Gasteiger partial charge in [0.2, 0.25) is 0 Å². The molecule has 0 amide bonds. The van der Waals surface area contributed by atoms with Crippen molar-refractivity contribution >= 4 is 17.0 Å². The van der Waals surface area contributed by atoms with Gasteiger partial charge in [0.15, 0.2) is 17.0 Å². The van der Waals surface area contributed by atoms with Crippen LogP contribution in [0.5, 0.6) is 0 Å². The van der Waals surface area contributed by atoms with Gasteiger partial charge in [-0.2, -0.15) is 0 Å². The first kappa shape index (κ1) is 10.3. The number of imidazole rings is 1. The molecule has 0 atom stereocenters. The number of aromatic nitrogens is 4. The maximum atomic E-state index is 5.30. The van der Waals surface area contributed by atoms with Gasteiger partial charge in [-0.15, -0.1) is 0 Å². The van der Waals surface area contributed by atoms with Gasteiger partial charge in [0.25, 0.3) is 0 Å². The molecule has 4 rings (SSSR count). The van der Waals surface area contributed by atoms with Crippen LogP contribution in [0.25, 0.3) is 11.2 Å². The molecule has 2 aromatic heterocycles. The van der Waals surface area contributed by atoms with Crippen LogP contribution >= 0.6 is 0 Å². The number of anilines is 1. The minimum Gasteiger partial charge on any atom is -0.380 e. The van der Waals surface area contributed by atoms with Crippen molar-refractivity contribution in [3.63, 3.8) is 0 Å². The molecule has 4 heterocycles. The molecule has 0 radical (unpaired) electrons. The highest BCUT2D eigenvalue weighted by Crippen LogP contribution is 2.40. The summed E-state index contributed by atoms with van der Waals surface area (Å²) in [6.45, 7) is 5.75. The van der Waals surface area contributed by atoms with Crippen LogP contribution in [0.4, 0.5) is 5.82 Å². The van der Waals surface area contributed by atoms with Gasteiger partial charge in [0, 0.05) is 20.1 Å². The molecule has 1 spiro atoms. The first-order valence-corrected chi connectivity index (χ1v) is 6.15. The normalized spacial score (nSPS) is 21.1. The lowest BCUT2D eigenvalue weighted by Gasteiger charge is -2.55. The van der Waals surface area contributed by atoms with Crippen molar-refractivity contribution in [2.45, 2.75) is 6.92 Å². The zero-order valence-electron chi connectivity index (χ0n) is 10.6. The third-order valence-corrected chi connectivity index (χ3v) is 3.82. The topological polar surface area (TPSA) is 56.1 Å². The molecule has 6 nitrogen and oxygen atoms in total. The standard InChI is InChI=1S/C12H15N5O/c1-8-14-10-9(13-7-16(10)2)11(15-8)17-3-12(4-17)5-18-6-12/h7H,3-6H2,1-2H3. The molecule has 0 bridgehead atoms. The SMILES string of the molecule is Cc1nc(N2CC3(COC3)C2)c2ncn(C)c2n1. The smallest absolute Gasteiger partial charge is 0.165 e. The van der Waals surface area contributed by atoms with Crippen LogP contribution in [0.2, 0.25) is 0 Å². The fraction of sp³-hybridized carbons (Fsp3) is 0.583. The molecule has 2 aliphatic rings. The Morgan fingerprint density at radius 3 is 2.72 bits per heavy atom. The molecule has 2 aliphatic heterocycles. The maximum absolute atomic E-state index is 5.30. The van der Waals surface area contributed by atoms with E-state index in [1.54, 1.807) is 6.33 Å². The van der Waals surface area contributed by atoms with Crippen molar-refractivity contribution in [1.29, 1.82) is 0 Å². The van der Waals surface area contributed by atoms with E-state index in [1.165, 1.54) is 0 Å². The molecule has 94 valence electrons. The van der Waals surface area contributed by atoms with Crippen molar-refractivity contribution in [2.24, 2.45) is 12.5 Å². The zero-order valence-corrected chi connectivity index (χ0v) is 10.6. The van der Waals surface area contributed by atoms with E-state index >= 15 is 0 Å². The van der Waals surface area contributed by atoms with Gasteiger partial charge in [0.1, 0.15) is 5.82 Å². The van der Waals surface area contributed by atoms with Crippen LogP contribution in [-0.4, -0.2) is 45.8 Å². The highest BCUT2D eigenvalue weighted by molar-refractivity contribution is 5.84.